The molecular weight excluding hydrogens is 487 g/mol. The number of anilines is 1. The lowest BCUT2D eigenvalue weighted by molar-refractivity contribution is -0.0174. The molecule has 0 N–H and O–H groups in total. The zero-order valence-corrected chi connectivity index (χ0v) is 21.4. The summed E-state index contributed by atoms with van der Waals surface area (Å²) in [4.78, 5) is 28.8. The first-order valence-electron chi connectivity index (χ1n) is 12.6. The number of fused-ring (bicyclic) bond motifs is 1. The summed E-state index contributed by atoms with van der Waals surface area (Å²) in [5, 5.41) is 14.1. The topological polar surface area (TPSA) is 98.1 Å². The van der Waals surface area contributed by atoms with Crippen molar-refractivity contribution in [2.24, 2.45) is 14.1 Å². The Labute approximate surface area is 217 Å². The van der Waals surface area contributed by atoms with E-state index in [1.54, 1.807) is 12.1 Å². The van der Waals surface area contributed by atoms with Crippen LogP contribution in [-0.4, -0.2) is 38.3 Å². The number of morpholine rings is 1. The highest BCUT2D eigenvalue weighted by Gasteiger charge is 2.31. The molecule has 1 saturated heterocycles. The van der Waals surface area contributed by atoms with E-state index in [1.807, 2.05) is 30.1 Å². The van der Waals surface area contributed by atoms with Crippen molar-refractivity contribution in [2.75, 3.05) is 18.0 Å². The van der Waals surface area contributed by atoms with Gasteiger partial charge in [0.25, 0.3) is 11.1 Å². The molecule has 0 spiro atoms. The zero-order valence-electron chi connectivity index (χ0n) is 21.4. The highest BCUT2D eigenvalue weighted by atomic mass is 19.1. The van der Waals surface area contributed by atoms with Crippen molar-refractivity contribution in [2.45, 2.75) is 38.0 Å². The second-order valence-corrected chi connectivity index (χ2v) is 10.2. The Morgan fingerprint density at radius 1 is 1.05 bits per heavy atom. The summed E-state index contributed by atoms with van der Waals surface area (Å²) in [6, 6.07) is 10.0. The quantitative estimate of drug-likeness (QED) is 0.414. The summed E-state index contributed by atoms with van der Waals surface area (Å²) in [6.45, 7) is 3.05. The first-order chi connectivity index (χ1) is 18.2. The van der Waals surface area contributed by atoms with E-state index in [2.05, 4.69) is 10.00 Å². The largest absolute Gasteiger partial charge is 0.367 e. The molecule has 0 unspecified atom stereocenters. The Hall–Kier alpha value is -4.23. The molecule has 2 aromatic carbocycles. The van der Waals surface area contributed by atoms with Crippen LogP contribution in [0.15, 0.2) is 52.3 Å². The van der Waals surface area contributed by atoms with Gasteiger partial charge in [0.2, 0.25) is 0 Å². The van der Waals surface area contributed by atoms with Crippen molar-refractivity contribution in [3.05, 3.63) is 80.4 Å². The van der Waals surface area contributed by atoms with Gasteiger partial charge in [-0.25, -0.2) is 4.39 Å². The van der Waals surface area contributed by atoms with Crippen LogP contribution in [-0.2, 0) is 18.8 Å². The van der Waals surface area contributed by atoms with Crippen LogP contribution in [0.5, 0.6) is 0 Å². The van der Waals surface area contributed by atoms with Crippen LogP contribution in [0.25, 0.3) is 21.9 Å². The van der Waals surface area contributed by atoms with Gasteiger partial charge in [0.1, 0.15) is 11.9 Å². The minimum Gasteiger partial charge on any atom is -0.367 e. The van der Waals surface area contributed by atoms with E-state index in [0.29, 0.717) is 30.4 Å². The molecule has 2 fully saturated rings. The number of hydrogen-bond acceptors (Lipinski definition) is 6. The summed E-state index contributed by atoms with van der Waals surface area (Å²) in [7, 11) is 3.04. The van der Waals surface area contributed by atoms with Crippen molar-refractivity contribution < 1.29 is 9.13 Å². The van der Waals surface area contributed by atoms with Crippen LogP contribution in [0.2, 0.25) is 0 Å². The number of hydrogen-bond donors (Lipinski definition) is 0. The maximum atomic E-state index is 15.3. The molecule has 6 rings (SSSR count). The van der Waals surface area contributed by atoms with Crippen LogP contribution in [0, 0.1) is 17.1 Å². The molecular formula is C28H27FN6O3. The van der Waals surface area contributed by atoms with E-state index in [0.717, 1.165) is 24.5 Å². The van der Waals surface area contributed by atoms with Crippen LogP contribution in [0.4, 0.5) is 10.1 Å². The van der Waals surface area contributed by atoms with Gasteiger partial charge < -0.3 is 9.64 Å². The molecule has 0 amide bonds. The third kappa shape index (κ3) is 4.00. The lowest BCUT2D eigenvalue weighted by atomic mass is 9.96. The second kappa shape index (κ2) is 8.96. The lowest BCUT2D eigenvalue weighted by Gasteiger charge is -2.38. The number of benzene rings is 2. The van der Waals surface area contributed by atoms with Gasteiger partial charge in [0, 0.05) is 55.8 Å². The number of nitriles is 1. The average Bonchev–Trinajstić information content (AvgIpc) is 3.65. The molecule has 0 bridgehead atoms. The Kier molecular flexibility index (Phi) is 5.69. The standard InChI is InChI=1S/C28H27FN6O3/c1-16-13-34(15-25(38-16)18-12-31-35(14-18)19-5-6-19)20-9-22(21-7-4-17(11-30)8-24(21)29)26-23(10-20)27(36)32(2)33(3)28(26)37/h4,7-10,12,14,16,19,25H,5-6,13,15H2,1-3H3/t16-,25-/m1/s1. The van der Waals surface area contributed by atoms with E-state index in [4.69, 9.17) is 4.74 Å². The van der Waals surface area contributed by atoms with E-state index >= 15 is 4.39 Å². The Bertz CT molecular complexity index is 1740. The van der Waals surface area contributed by atoms with Gasteiger partial charge in [-0.2, -0.15) is 10.4 Å². The molecule has 1 aliphatic heterocycles. The van der Waals surface area contributed by atoms with E-state index in [1.165, 1.54) is 35.6 Å². The predicted molar refractivity (Wildman–Crippen MR) is 141 cm³/mol. The highest BCUT2D eigenvalue weighted by Crippen LogP contribution is 2.37. The Morgan fingerprint density at radius 3 is 2.53 bits per heavy atom. The van der Waals surface area contributed by atoms with Crippen LogP contribution in [0.3, 0.4) is 0 Å². The third-order valence-corrected chi connectivity index (χ3v) is 7.53. The van der Waals surface area contributed by atoms with Gasteiger partial charge in [0.05, 0.1) is 40.7 Å². The first kappa shape index (κ1) is 24.1. The molecule has 1 aliphatic carbocycles. The molecule has 2 aliphatic rings. The average molecular weight is 515 g/mol. The molecule has 38 heavy (non-hydrogen) atoms. The van der Waals surface area contributed by atoms with Crippen molar-refractivity contribution in [1.29, 1.82) is 5.26 Å². The smallest absolute Gasteiger partial charge is 0.273 e. The predicted octanol–water partition coefficient (Wildman–Crippen LogP) is 3.41. The van der Waals surface area contributed by atoms with Gasteiger partial charge in [-0.15, -0.1) is 0 Å². The summed E-state index contributed by atoms with van der Waals surface area (Å²) in [6.07, 6.45) is 5.80. The van der Waals surface area contributed by atoms with Crippen LogP contribution in [0.1, 0.15) is 43.0 Å². The summed E-state index contributed by atoms with van der Waals surface area (Å²) in [5.74, 6) is -0.633. The molecule has 2 atom stereocenters. The molecule has 1 saturated carbocycles. The highest BCUT2D eigenvalue weighted by molar-refractivity contribution is 5.98. The van der Waals surface area contributed by atoms with E-state index in [9.17, 15) is 14.9 Å². The Morgan fingerprint density at radius 2 is 1.82 bits per heavy atom. The summed E-state index contributed by atoms with van der Waals surface area (Å²) < 4.78 is 26.0. The molecule has 9 nitrogen and oxygen atoms in total. The first-order valence-corrected chi connectivity index (χ1v) is 12.6. The second-order valence-electron chi connectivity index (χ2n) is 10.2. The van der Waals surface area contributed by atoms with Gasteiger partial charge in [-0.05, 0) is 44.0 Å². The number of rotatable bonds is 4. The fourth-order valence-corrected chi connectivity index (χ4v) is 5.24. The normalized spacial score (nSPS) is 19.6. The van der Waals surface area contributed by atoms with Crippen molar-refractivity contribution in [1.82, 2.24) is 19.1 Å². The van der Waals surface area contributed by atoms with Crippen molar-refractivity contribution >= 4 is 16.5 Å². The fourth-order valence-electron chi connectivity index (χ4n) is 5.24. The molecule has 0 radical (unpaired) electrons. The maximum Gasteiger partial charge on any atom is 0.273 e. The van der Waals surface area contributed by atoms with E-state index in [-0.39, 0.29) is 39.7 Å². The van der Waals surface area contributed by atoms with Gasteiger partial charge in [0.15, 0.2) is 0 Å². The van der Waals surface area contributed by atoms with Gasteiger partial charge in [-0.3, -0.25) is 23.6 Å². The van der Waals surface area contributed by atoms with Crippen LogP contribution < -0.4 is 16.0 Å². The van der Waals surface area contributed by atoms with Crippen molar-refractivity contribution in [3.8, 4) is 17.2 Å². The third-order valence-electron chi connectivity index (χ3n) is 7.53. The molecule has 4 aromatic rings. The van der Waals surface area contributed by atoms with Crippen molar-refractivity contribution in [3.63, 3.8) is 0 Å². The lowest BCUT2D eigenvalue weighted by Crippen LogP contribution is -2.43. The summed E-state index contributed by atoms with van der Waals surface area (Å²) >= 11 is 0. The van der Waals surface area contributed by atoms with E-state index < -0.39 is 11.4 Å². The Balaban J connectivity index is 1.51. The number of aromatic nitrogens is 4. The minimum atomic E-state index is -0.633. The fraction of sp³-hybridized carbons (Fsp3) is 0.357. The minimum absolute atomic E-state index is 0.115. The molecule has 2 aromatic heterocycles. The van der Waals surface area contributed by atoms with Crippen LogP contribution >= 0.6 is 0 Å². The zero-order chi connectivity index (χ0) is 26.7. The summed E-state index contributed by atoms with van der Waals surface area (Å²) in [5.41, 5.74) is 1.55. The number of ether oxygens (including phenoxy) is 1. The molecule has 194 valence electrons. The monoisotopic (exact) mass is 514 g/mol. The van der Waals surface area contributed by atoms with Gasteiger partial charge in [-0.1, -0.05) is 6.07 Å². The maximum absolute atomic E-state index is 15.3. The van der Waals surface area contributed by atoms with Gasteiger partial charge >= 0.3 is 0 Å². The molecule has 3 heterocycles. The number of halogens is 1. The SMILES string of the molecule is C[C@@H]1CN(c2cc(-c3ccc(C#N)cc3F)c3c(=O)n(C)n(C)c(=O)c3c2)C[C@H](c2cnn(C3CC3)c2)O1. The number of nitrogens with zero attached hydrogens (tertiary/aromatic N) is 6. The molecule has 10 heteroatoms.